The fraction of sp³-hybridized carbons (Fsp3) is 0.250. The number of hydrogen-bond acceptors (Lipinski definition) is 1. The lowest BCUT2D eigenvalue weighted by molar-refractivity contribution is 0.626. The van der Waals surface area contributed by atoms with Gasteiger partial charge in [-0.15, -0.1) is 24.0 Å². The normalized spacial score (nSPS) is 11.2. The highest BCUT2D eigenvalue weighted by Crippen LogP contribution is 2.15. The Labute approximate surface area is 170 Å². The van der Waals surface area contributed by atoms with Crippen LogP contribution in [0.1, 0.15) is 18.2 Å². The van der Waals surface area contributed by atoms with Crippen LogP contribution in [-0.4, -0.2) is 24.0 Å². The monoisotopic (exact) mass is 466 g/mol. The summed E-state index contributed by atoms with van der Waals surface area (Å²) in [5, 5.41) is 7.76. The number of halogens is 2. The summed E-state index contributed by atoms with van der Waals surface area (Å²) in [5.74, 6) is 0.577. The van der Waals surface area contributed by atoms with Crippen LogP contribution in [0.5, 0.6) is 0 Å². The van der Waals surface area contributed by atoms with Gasteiger partial charge in [0.15, 0.2) is 5.96 Å². The highest BCUT2D eigenvalue weighted by Gasteiger charge is 2.01. The maximum atomic E-state index is 12.9. The van der Waals surface area contributed by atoms with Gasteiger partial charge in [-0.05, 0) is 48.6 Å². The first-order valence-corrected chi connectivity index (χ1v) is 8.58. The number of guanidine groups is 1. The standard InChI is InChI=1S/C20H23FN4.HI/c1-2-22-20(23-12-11-15-7-9-17(21)10-8-15)24-14-18-13-16-5-3-4-6-19(16)25-18;/h3-10,13,25H,2,11-12,14H2,1H3,(H2,22,23,24);1H. The Balaban J connectivity index is 0.00000243. The number of aliphatic imine (C=N–C) groups is 1. The summed E-state index contributed by atoms with van der Waals surface area (Å²) < 4.78 is 12.9. The molecule has 1 heterocycles. The van der Waals surface area contributed by atoms with E-state index in [0.717, 1.165) is 42.2 Å². The Morgan fingerprint density at radius 1 is 1.08 bits per heavy atom. The van der Waals surface area contributed by atoms with E-state index in [1.807, 2.05) is 31.2 Å². The van der Waals surface area contributed by atoms with Crippen LogP contribution in [0.15, 0.2) is 59.6 Å². The number of rotatable bonds is 6. The molecule has 0 radical (unpaired) electrons. The van der Waals surface area contributed by atoms with Crippen LogP contribution in [-0.2, 0) is 13.0 Å². The van der Waals surface area contributed by atoms with Crippen LogP contribution in [0.3, 0.4) is 0 Å². The molecule has 3 aromatic rings. The fourth-order valence-corrected chi connectivity index (χ4v) is 2.70. The average Bonchev–Trinajstić information content (AvgIpc) is 3.04. The highest BCUT2D eigenvalue weighted by molar-refractivity contribution is 14.0. The number of benzene rings is 2. The topological polar surface area (TPSA) is 52.2 Å². The molecule has 0 spiro atoms. The lowest BCUT2D eigenvalue weighted by atomic mass is 10.1. The van der Waals surface area contributed by atoms with Crippen LogP contribution < -0.4 is 10.6 Å². The molecule has 6 heteroatoms. The lowest BCUT2D eigenvalue weighted by Gasteiger charge is -2.11. The molecule has 0 atom stereocenters. The number of H-pyrrole nitrogens is 1. The molecule has 0 unspecified atom stereocenters. The molecule has 0 aliphatic rings. The van der Waals surface area contributed by atoms with Crippen molar-refractivity contribution in [1.82, 2.24) is 15.6 Å². The van der Waals surface area contributed by atoms with E-state index < -0.39 is 0 Å². The second-order valence-corrected chi connectivity index (χ2v) is 5.88. The van der Waals surface area contributed by atoms with E-state index in [1.54, 1.807) is 0 Å². The molecule has 0 saturated carbocycles. The predicted molar refractivity (Wildman–Crippen MR) is 117 cm³/mol. The Morgan fingerprint density at radius 2 is 1.85 bits per heavy atom. The van der Waals surface area contributed by atoms with Gasteiger partial charge in [0.1, 0.15) is 5.82 Å². The largest absolute Gasteiger partial charge is 0.357 e. The quantitative estimate of drug-likeness (QED) is 0.290. The van der Waals surface area contributed by atoms with E-state index in [-0.39, 0.29) is 29.8 Å². The fourth-order valence-electron chi connectivity index (χ4n) is 2.70. The molecule has 0 aliphatic heterocycles. The van der Waals surface area contributed by atoms with Gasteiger partial charge in [-0.2, -0.15) is 0 Å². The minimum Gasteiger partial charge on any atom is -0.357 e. The Hall–Kier alpha value is -2.09. The van der Waals surface area contributed by atoms with Gasteiger partial charge >= 0.3 is 0 Å². The van der Waals surface area contributed by atoms with Crippen molar-refractivity contribution < 1.29 is 4.39 Å². The SMILES string of the molecule is CCNC(=NCc1cc2ccccc2[nH]1)NCCc1ccc(F)cc1.I. The van der Waals surface area contributed by atoms with E-state index in [0.29, 0.717) is 6.54 Å². The third kappa shape index (κ3) is 5.72. The van der Waals surface area contributed by atoms with Crippen LogP contribution in [0, 0.1) is 5.82 Å². The Morgan fingerprint density at radius 3 is 2.58 bits per heavy atom. The number of nitrogens with zero attached hydrogens (tertiary/aromatic N) is 1. The highest BCUT2D eigenvalue weighted by atomic mass is 127. The second-order valence-electron chi connectivity index (χ2n) is 5.88. The number of para-hydroxylation sites is 1. The Bertz CT molecular complexity index is 809. The molecule has 0 amide bonds. The van der Waals surface area contributed by atoms with Crippen LogP contribution in [0.2, 0.25) is 0 Å². The molecule has 3 rings (SSSR count). The third-order valence-corrected chi connectivity index (χ3v) is 3.96. The van der Waals surface area contributed by atoms with E-state index in [2.05, 4.69) is 38.8 Å². The van der Waals surface area contributed by atoms with E-state index in [4.69, 9.17) is 0 Å². The zero-order chi connectivity index (χ0) is 17.5. The van der Waals surface area contributed by atoms with Gasteiger partial charge in [-0.3, -0.25) is 0 Å². The van der Waals surface area contributed by atoms with Gasteiger partial charge in [0, 0.05) is 24.3 Å². The number of hydrogen-bond donors (Lipinski definition) is 3. The zero-order valence-corrected chi connectivity index (χ0v) is 17.1. The van der Waals surface area contributed by atoms with Gasteiger partial charge in [0.05, 0.1) is 6.54 Å². The van der Waals surface area contributed by atoms with Gasteiger partial charge in [-0.25, -0.2) is 9.38 Å². The summed E-state index contributed by atoms with van der Waals surface area (Å²) in [6.45, 7) is 4.17. The van der Waals surface area contributed by atoms with Crippen molar-refractivity contribution in [3.63, 3.8) is 0 Å². The first kappa shape index (κ1) is 20.2. The number of aromatic nitrogens is 1. The summed E-state index contributed by atoms with van der Waals surface area (Å²) in [7, 11) is 0. The minimum absolute atomic E-state index is 0. The van der Waals surface area contributed by atoms with Crippen molar-refractivity contribution in [3.8, 4) is 0 Å². The lowest BCUT2D eigenvalue weighted by Crippen LogP contribution is -2.38. The molecule has 0 aliphatic carbocycles. The third-order valence-electron chi connectivity index (χ3n) is 3.96. The van der Waals surface area contributed by atoms with Crippen molar-refractivity contribution in [2.75, 3.05) is 13.1 Å². The number of fused-ring (bicyclic) bond motifs is 1. The van der Waals surface area contributed by atoms with Crippen molar-refractivity contribution in [2.45, 2.75) is 19.9 Å². The number of aromatic amines is 1. The molecule has 3 N–H and O–H groups in total. The van der Waals surface area contributed by atoms with Crippen molar-refractivity contribution >= 4 is 40.8 Å². The first-order chi connectivity index (χ1) is 12.2. The van der Waals surface area contributed by atoms with Crippen LogP contribution in [0.4, 0.5) is 4.39 Å². The van der Waals surface area contributed by atoms with Crippen molar-refractivity contribution in [1.29, 1.82) is 0 Å². The molecular weight excluding hydrogens is 442 g/mol. The minimum atomic E-state index is -0.204. The molecule has 0 saturated heterocycles. The molecule has 2 aromatic carbocycles. The zero-order valence-electron chi connectivity index (χ0n) is 14.8. The van der Waals surface area contributed by atoms with Crippen LogP contribution in [0.25, 0.3) is 10.9 Å². The summed E-state index contributed by atoms with van der Waals surface area (Å²) >= 11 is 0. The van der Waals surface area contributed by atoms with Crippen LogP contribution >= 0.6 is 24.0 Å². The summed E-state index contributed by atoms with van der Waals surface area (Å²) in [4.78, 5) is 8.01. The maximum absolute atomic E-state index is 12.9. The number of nitrogens with one attached hydrogen (secondary N) is 3. The molecule has 1 aromatic heterocycles. The van der Waals surface area contributed by atoms with Gasteiger partial charge < -0.3 is 15.6 Å². The van der Waals surface area contributed by atoms with Gasteiger partial charge in [0.25, 0.3) is 0 Å². The van der Waals surface area contributed by atoms with E-state index >= 15 is 0 Å². The molecule has 138 valence electrons. The Kier molecular flexibility index (Phi) is 7.90. The predicted octanol–water partition coefficient (Wildman–Crippen LogP) is 4.22. The van der Waals surface area contributed by atoms with Crippen molar-refractivity contribution in [3.05, 3.63) is 71.7 Å². The molecule has 4 nitrogen and oxygen atoms in total. The van der Waals surface area contributed by atoms with Gasteiger partial charge in [-0.1, -0.05) is 30.3 Å². The first-order valence-electron chi connectivity index (χ1n) is 8.58. The molecule has 0 fully saturated rings. The van der Waals surface area contributed by atoms with E-state index in [1.165, 1.54) is 17.5 Å². The smallest absolute Gasteiger partial charge is 0.191 e. The van der Waals surface area contributed by atoms with E-state index in [9.17, 15) is 4.39 Å². The second kappa shape index (κ2) is 10.2. The average molecular weight is 466 g/mol. The molecular formula is C20H24FIN4. The van der Waals surface area contributed by atoms with Gasteiger partial charge in [0.2, 0.25) is 0 Å². The molecule has 26 heavy (non-hydrogen) atoms. The molecule has 0 bridgehead atoms. The maximum Gasteiger partial charge on any atom is 0.191 e. The summed E-state index contributed by atoms with van der Waals surface area (Å²) in [6.07, 6.45) is 0.817. The summed E-state index contributed by atoms with van der Waals surface area (Å²) in [6, 6.07) is 16.9. The van der Waals surface area contributed by atoms with Crippen molar-refractivity contribution in [2.24, 2.45) is 4.99 Å². The summed E-state index contributed by atoms with van der Waals surface area (Å²) in [5.41, 5.74) is 3.30.